The summed E-state index contributed by atoms with van der Waals surface area (Å²) in [6.45, 7) is 4.96. The largest absolute Gasteiger partial charge is 0.385 e. The Balaban J connectivity index is 2.18. The van der Waals surface area contributed by atoms with Crippen LogP contribution < -0.4 is 10.2 Å². The number of hydrogen-bond acceptors (Lipinski definition) is 3. The number of nitrogens with zero attached hydrogens (tertiary/aromatic N) is 1. The molecule has 0 aliphatic carbocycles. The van der Waals surface area contributed by atoms with E-state index in [0.29, 0.717) is 26.0 Å². The van der Waals surface area contributed by atoms with Crippen LogP contribution in [-0.2, 0) is 14.3 Å². The molecule has 0 bridgehead atoms. The number of aryl methyl sites for hydroxylation is 1. The zero-order valence-electron chi connectivity index (χ0n) is 13.5. The summed E-state index contributed by atoms with van der Waals surface area (Å²) in [7, 11) is 1.64. The van der Waals surface area contributed by atoms with Crippen molar-refractivity contribution < 1.29 is 14.3 Å². The summed E-state index contributed by atoms with van der Waals surface area (Å²) in [5.41, 5.74) is 0.992. The molecule has 0 spiro atoms. The minimum atomic E-state index is -0.823. The van der Waals surface area contributed by atoms with Crippen LogP contribution in [0.2, 0.25) is 0 Å². The fourth-order valence-electron chi connectivity index (χ4n) is 2.89. The molecule has 5 heteroatoms. The second-order valence-electron chi connectivity index (χ2n) is 5.89. The first-order chi connectivity index (χ1) is 10.5. The van der Waals surface area contributed by atoms with Crippen LogP contribution in [0.1, 0.15) is 31.7 Å². The highest BCUT2D eigenvalue weighted by molar-refractivity contribution is 6.06. The van der Waals surface area contributed by atoms with Crippen LogP contribution in [0.15, 0.2) is 24.3 Å². The minimum Gasteiger partial charge on any atom is -0.385 e. The Bertz CT molecular complexity index is 559. The maximum Gasteiger partial charge on any atom is 0.246 e. The first-order valence-electron chi connectivity index (χ1n) is 7.66. The van der Waals surface area contributed by atoms with Gasteiger partial charge in [-0.2, -0.15) is 0 Å². The molecule has 1 heterocycles. The van der Waals surface area contributed by atoms with E-state index in [9.17, 15) is 9.59 Å². The molecule has 0 saturated carbocycles. The van der Waals surface area contributed by atoms with Crippen molar-refractivity contribution in [1.29, 1.82) is 0 Å². The molecule has 0 radical (unpaired) electrons. The first kappa shape index (κ1) is 16.5. The first-order valence-corrected chi connectivity index (χ1v) is 7.66. The van der Waals surface area contributed by atoms with E-state index in [2.05, 4.69) is 5.32 Å². The van der Waals surface area contributed by atoms with Gasteiger partial charge in [-0.1, -0.05) is 18.2 Å². The second kappa shape index (κ2) is 6.92. The Kier molecular flexibility index (Phi) is 5.19. The number of anilines is 1. The summed E-state index contributed by atoms with van der Waals surface area (Å²) in [5.74, 6) is -0.0958. The molecule has 1 aromatic rings. The third-order valence-corrected chi connectivity index (χ3v) is 4.22. The predicted molar refractivity (Wildman–Crippen MR) is 85.8 cm³/mol. The zero-order chi connectivity index (χ0) is 16.2. The Labute approximate surface area is 131 Å². The maximum atomic E-state index is 12.6. The average molecular weight is 304 g/mol. The number of carbonyl (C=O) groups excluding carboxylic acids is 2. The highest BCUT2D eigenvalue weighted by Gasteiger charge is 2.48. The van der Waals surface area contributed by atoms with Crippen molar-refractivity contribution in [3.8, 4) is 0 Å². The fourth-order valence-corrected chi connectivity index (χ4v) is 2.89. The van der Waals surface area contributed by atoms with Crippen molar-refractivity contribution in [2.24, 2.45) is 0 Å². The molecule has 0 aromatic heterocycles. The van der Waals surface area contributed by atoms with Gasteiger partial charge in [0.05, 0.1) is 0 Å². The van der Waals surface area contributed by atoms with Crippen LogP contribution in [-0.4, -0.2) is 37.6 Å². The van der Waals surface area contributed by atoms with Crippen molar-refractivity contribution in [2.45, 2.75) is 38.6 Å². The number of benzene rings is 1. The molecule has 1 atom stereocenters. The molecule has 1 fully saturated rings. The normalized spacial score (nSPS) is 21.2. The third kappa shape index (κ3) is 3.14. The molecule has 1 saturated heterocycles. The maximum absolute atomic E-state index is 12.6. The van der Waals surface area contributed by atoms with Gasteiger partial charge in [-0.3, -0.25) is 14.5 Å². The Morgan fingerprint density at radius 1 is 1.41 bits per heavy atom. The van der Waals surface area contributed by atoms with Crippen LogP contribution in [0.4, 0.5) is 5.69 Å². The minimum absolute atomic E-state index is 0.00356. The number of ether oxygens (including phenoxy) is 1. The number of amides is 2. The smallest absolute Gasteiger partial charge is 0.246 e. The van der Waals surface area contributed by atoms with Crippen molar-refractivity contribution in [1.82, 2.24) is 5.32 Å². The van der Waals surface area contributed by atoms with Crippen molar-refractivity contribution in [3.05, 3.63) is 29.8 Å². The molecule has 120 valence electrons. The topological polar surface area (TPSA) is 58.6 Å². The number of nitrogens with one attached hydrogen (secondary N) is 1. The molecule has 1 aliphatic rings. The number of rotatable bonds is 6. The Morgan fingerprint density at radius 2 is 2.14 bits per heavy atom. The highest BCUT2D eigenvalue weighted by Crippen LogP contribution is 2.36. The van der Waals surface area contributed by atoms with Crippen molar-refractivity contribution >= 4 is 17.5 Å². The Hall–Kier alpha value is -1.88. The summed E-state index contributed by atoms with van der Waals surface area (Å²) in [5, 5.41) is 2.93. The van der Waals surface area contributed by atoms with E-state index >= 15 is 0 Å². The van der Waals surface area contributed by atoms with Gasteiger partial charge in [0.15, 0.2) is 0 Å². The molecule has 2 rings (SSSR count). The van der Waals surface area contributed by atoms with Gasteiger partial charge in [0.2, 0.25) is 11.8 Å². The van der Waals surface area contributed by atoms with E-state index in [1.807, 2.05) is 38.1 Å². The van der Waals surface area contributed by atoms with Gasteiger partial charge in [-0.25, -0.2) is 0 Å². The van der Waals surface area contributed by atoms with E-state index in [4.69, 9.17) is 4.74 Å². The van der Waals surface area contributed by atoms with Crippen LogP contribution >= 0.6 is 0 Å². The molecule has 22 heavy (non-hydrogen) atoms. The van der Waals surface area contributed by atoms with E-state index in [1.165, 1.54) is 0 Å². The molecular formula is C17H24N2O3. The molecule has 2 amide bonds. The van der Waals surface area contributed by atoms with Crippen molar-refractivity contribution in [3.63, 3.8) is 0 Å². The van der Waals surface area contributed by atoms with E-state index in [-0.39, 0.29) is 11.8 Å². The number of para-hydroxylation sites is 1. The number of hydrogen-bond donors (Lipinski definition) is 1. The summed E-state index contributed by atoms with van der Waals surface area (Å²) in [4.78, 5) is 26.6. The predicted octanol–water partition coefficient (Wildman–Crippen LogP) is 2.03. The lowest BCUT2D eigenvalue weighted by molar-refractivity contribution is -0.127. The van der Waals surface area contributed by atoms with Gasteiger partial charge >= 0.3 is 0 Å². The Morgan fingerprint density at radius 3 is 2.82 bits per heavy atom. The second-order valence-corrected chi connectivity index (χ2v) is 5.89. The molecular weight excluding hydrogens is 280 g/mol. The third-order valence-electron chi connectivity index (χ3n) is 4.22. The summed E-state index contributed by atoms with van der Waals surface area (Å²) >= 11 is 0. The highest BCUT2D eigenvalue weighted by atomic mass is 16.5. The molecule has 1 aromatic carbocycles. The molecule has 5 nitrogen and oxygen atoms in total. The van der Waals surface area contributed by atoms with Crippen LogP contribution in [0, 0.1) is 6.92 Å². The van der Waals surface area contributed by atoms with E-state index in [0.717, 1.165) is 17.7 Å². The molecule has 1 aliphatic heterocycles. The van der Waals surface area contributed by atoms with Gasteiger partial charge in [-0.15, -0.1) is 0 Å². The molecule has 0 unspecified atom stereocenters. The lowest BCUT2D eigenvalue weighted by Crippen LogP contribution is -2.55. The van der Waals surface area contributed by atoms with Gasteiger partial charge in [0.25, 0.3) is 0 Å². The van der Waals surface area contributed by atoms with E-state index < -0.39 is 5.54 Å². The molecule has 1 N–H and O–H groups in total. The van der Waals surface area contributed by atoms with Gasteiger partial charge in [0, 0.05) is 32.4 Å². The van der Waals surface area contributed by atoms with Crippen LogP contribution in [0.5, 0.6) is 0 Å². The van der Waals surface area contributed by atoms with Gasteiger partial charge in [0.1, 0.15) is 5.54 Å². The average Bonchev–Trinajstić information content (AvgIpc) is 2.81. The lowest BCUT2D eigenvalue weighted by Gasteiger charge is -2.34. The quantitative estimate of drug-likeness (QED) is 0.818. The standard InChI is InChI=1S/C17H24N2O3/c1-13-7-4-5-8-14(13)19-15(20)9-10-17(19,2)16(21)18-11-6-12-22-3/h4-5,7-8H,6,9-12H2,1-3H3,(H,18,21)/t17-/m1/s1. The monoisotopic (exact) mass is 304 g/mol. The van der Waals surface area contributed by atoms with Crippen LogP contribution in [0.3, 0.4) is 0 Å². The summed E-state index contributed by atoms with van der Waals surface area (Å²) in [6, 6.07) is 7.68. The number of carbonyl (C=O) groups is 2. The van der Waals surface area contributed by atoms with Gasteiger partial charge in [-0.05, 0) is 38.3 Å². The van der Waals surface area contributed by atoms with Gasteiger partial charge < -0.3 is 10.1 Å². The van der Waals surface area contributed by atoms with Crippen molar-refractivity contribution in [2.75, 3.05) is 25.2 Å². The fraction of sp³-hybridized carbons (Fsp3) is 0.529. The van der Waals surface area contributed by atoms with E-state index in [1.54, 1.807) is 12.0 Å². The summed E-state index contributed by atoms with van der Waals surface area (Å²) in [6.07, 6.45) is 1.70. The zero-order valence-corrected chi connectivity index (χ0v) is 13.5. The lowest BCUT2D eigenvalue weighted by atomic mass is 9.96. The van der Waals surface area contributed by atoms with Crippen LogP contribution in [0.25, 0.3) is 0 Å². The SMILES string of the molecule is COCCCNC(=O)[C@@]1(C)CCC(=O)N1c1ccccc1C. The number of methoxy groups -OCH3 is 1. The summed E-state index contributed by atoms with van der Waals surface area (Å²) < 4.78 is 4.98.